The third-order valence-electron chi connectivity index (χ3n) is 0.401. The van der Waals surface area contributed by atoms with E-state index in [0.29, 0.717) is 0 Å². The normalized spacial score (nSPS) is 13.1. The smallest absolute Gasteiger partial charge is 0.264 e. The van der Waals surface area contributed by atoms with Gasteiger partial charge in [0, 0.05) is 0 Å². The second kappa shape index (κ2) is 4.79. The molecule has 11 heteroatoms. The lowest BCUT2D eigenvalue weighted by Crippen LogP contribution is -2.20. The van der Waals surface area contributed by atoms with Gasteiger partial charge in [-0.2, -0.15) is 34.8 Å². The van der Waals surface area contributed by atoms with Gasteiger partial charge in [-0.15, -0.1) is 0 Å². The number of halogens is 6. The molecule has 2 N–H and O–H groups in total. The molecule has 14 heavy (non-hydrogen) atoms. The standard InChI is InChI=1S/C3H2F6.H2O4S/c4-2(5,6)1-3(7,8)9;1-5(2,3)4/h1H2;(H2,1,2,3,4). The zero-order valence-corrected chi connectivity index (χ0v) is 6.91. The summed E-state index contributed by atoms with van der Waals surface area (Å²) < 4.78 is 96.6. The van der Waals surface area contributed by atoms with Crippen molar-refractivity contribution in [3.8, 4) is 0 Å². The Bertz CT molecular complexity index is 229. The van der Waals surface area contributed by atoms with Crippen molar-refractivity contribution in [1.82, 2.24) is 0 Å². The molecular weight excluding hydrogens is 246 g/mol. The van der Waals surface area contributed by atoms with Crippen LogP contribution < -0.4 is 0 Å². The Kier molecular flexibility index (Phi) is 5.45. The minimum Gasteiger partial charge on any atom is -0.264 e. The van der Waals surface area contributed by atoms with Gasteiger partial charge in [-0.05, 0) is 0 Å². The molecule has 0 amide bonds. The third-order valence-corrected chi connectivity index (χ3v) is 0.401. The molecule has 0 saturated carbocycles. The van der Waals surface area contributed by atoms with Gasteiger partial charge in [0.1, 0.15) is 6.42 Å². The van der Waals surface area contributed by atoms with Crippen LogP contribution >= 0.6 is 0 Å². The van der Waals surface area contributed by atoms with E-state index in [1.54, 1.807) is 0 Å². The Labute approximate surface area is 74.1 Å². The van der Waals surface area contributed by atoms with Gasteiger partial charge in [0.2, 0.25) is 0 Å². The molecule has 0 aliphatic carbocycles. The Hall–Kier alpha value is -0.550. The molecule has 0 aliphatic heterocycles. The predicted molar refractivity (Wildman–Crippen MR) is 30.9 cm³/mol. The summed E-state index contributed by atoms with van der Waals surface area (Å²) in [5.41, 5.74) is 0. The molecule has 0 aromatic heterocycles. The molecule has 0 aliphatic rings. The van der Waals surface area contributed by atoms with Crippen LogP contribution in [0.2, 0.25) is 0 Å². The fourth-order valence-corrected chi connectivity index (χ4v) is 0.227. The van der Waals surface area contributed by atoms with E-state index in [2.05, 4.69) is 0 Å². The molecule has 0 saturated heterocycles. The fourth-order valence-electron chi connectivity index (χ4n) is 0.227. The molecular formula is C3H4F6O4S. The molecule has 4 nitrogen and oxygen atoms in total. The van der Waals surface area contributed by atoms with Crippen molar-refractivity contribution in [2.75, 3.05) is 0 Å². The van der Waals surface area contributed by atoms with E-state index < -0.39 is 29.2 Å². The summed E-state index contributed by atoms with van der Waals surface area (Å²) in [4.78, 5) is 0. The highest BCUT2D eigenvalue weighted by Crippen LogP contribution is 2.31. The zero-order valence-electron chi connectivity index (χ0n) is 6.09. The number of alkyl halides is 6. The van der Waals surface area contributed by atoms with Crippen LogP contribution in [-0.2, 0) is 10.4 Å². The molecule has 0 heterocycles. The zero-order chi connectivity index (χ0) is 12.2. The summed E-state index contributed by atoms with van der Waals surface area (Å²) in [5, 5.41) is 0. The molecule has 0 bridgehead atoms. The number of rotatable bonds is 0. The number of hydrogen-bond donors (Lipinski definition) is 2. The molecule has 0 aromatic carbocycles. The van der Waals surface area contributed by atoms with E-state index in [1.807, 2.05) is 0 Å². The lowest BCUT2D eigenvalue weighted by molar-refractivity contribution is -0.232. The van der Waals surface area contributed by atoms with Crippen LogP contribution in [0.1, 0.15) is 6.42 Å². The van der Waals surface area contributed by atoms with E-state index >= 15 is 0 Å². The molecule has 0 spiro atoms. The van der Waals surface area contributed by atoms with Crippen LogP contribution in [0.4, 0.5) is 26.3 Å². The Balaban J connectivity index is 0. The molecule has 88 valence electrons. The van der Waals surface area contributed by atoms with Crippen LogP contribution in [0.3, 0.4) is 0 Å². The topological polar surface area (TPSA) is 74.6 Å². The average Bonchev–Trinajstić information content (AvgIpc) is 1.42. The maximum atomic E-state index is 10.8. The maximum absolute atomic E-state index is 10.8. The molecule has 0 atom stereocenters. The summed E-state index contributed by atoms with van der Waals surface area (Å²) in [6.45, 7) is 0. The first kappa shape index (κ1) is 15.9. The minimum absolute atomic E-state index is 2.71. The molecule has 0 rings (SSSR count). The highest BCUT2D eigenvalue weighted by Gasteiger charge is 2.43. The lowest BCUT2D eigenvalue weighted by atomic mass is 10.4. The first-order valence-electron chi connectivity index (χ1n) is 2.54. The largest absolute Gasteiger partial charge is 0.397 e. The first-order valence-corrected chi connectivity index (χ1v) is 3.94. The third kappa shape index (κ3) is 42.1. The SMILES string of the molecule is FC(F)(F)CC(F)(F)F.O=S(=O)(O)O. The van der Waals surface area contributed by atoms with Gasteiger partial charge in [-0.25, -0.2) is 0 Å². The summed E-state index contributed by atoms with van der Waals surface area (Å²) in [6, 6.07) is 0. The van der Waals surface area contributed by atoms with E-state index in [-0.39, 0.29) is 0 Å². The fraction of sp³-hybridized carbons (Fsp3) is 1.00. The highest BCUT2D eigenvalue weighted by atomic mass is 32.3. The van der Waals surface area contributed by atoms with E-state index in [1.165, 1.54) is 0 Å². The van der Waals surface area contributed by atoms with E-state index in [4.69, 9.17) is 17.5 Å². The Morgan fingerprint density at radius 1 is 0.857 bits per heavy atom. The first-order chi connectivity index (χ1) is 5.71. The van der Waals surface area contributed by atoms with Crippen molar-refractivity contribution < 1.29 is 43.9 Å². The second-order valence-electron chi connectivity index (χ2n) is 1.85. The quantitative estimate of drug-likeness (QED) is 0.508. The Morgan fingerprint density at radius 2 is 1.00 bits per heavy atom. The van der Waals surface area contributed by atoms with Gasteiger partial charge in [0.25, 0.3) is 0 Å². The van der Waals surface area contributed by atoms with Crippen molar-refractivity contribution in [2.24, 2.45) is 0 Å². The van der Waals surface area contributed by atoms with Crippen LogP contribution in [0.15, 0.2) is 0 Å². The summed E-state index contributed by atoms with van der Waals surface area (Å²) >= 11 is 0. The molecule has 0 unspecified atom stereocenters. The van der Waals surface area contributed by atoms with Crippen LogP contribution in [0.5, 0.6) is 0 Å². The summed E-state index contributed by atoms with van der Waals surface area (Å²) in [5.74, 6) is 0. The highest BCUT2D eigenvalue weighted by molar-refractivity contribution is 7.79. The molecule has 0 radical (unpaired) electrons. The minimum atomic E-state index is -5.14. The van der Waals surface area contributed by atoms with Crippen molar-refractivity contribution in [1.29, 1.82) is 0 Å². The van der Waals surface area contributed by atoms with Gasteiger partial charge < -0.3 is 0 Å². The van der Waals surface area contributed by atoms with Crippen molar-refractivity contribution in [3.63, 3.8) is 0 Å². The van der Waals surface area contributed by atoms with E-state index in [0.717, 1.165) is 0 Å². The van der Waals surface area contributed by atoms with E-state index in [9.17, 15) is 26.3 Å². The predicted octanol–water partition coefficient (Wildman–Crippen LogP) is 1.85. The van der Waals surface area contributed by atoms with Gasteiger partial charge >= 0.3 is 22.8 Å². The van der Waals surface area contributed by atoms with Crippen LogP contribution in [0.25, 0.3) is 0 Å². The number of hydrogen-bond acceptors (Lipinski definition) is 2. The second-order valence-corrected chi connectivity index (χ2v) is 2.75. The molecule has 0 aromatic rings. The van der Waals surface area contributed by atoms with Crippen molar-refractivity contribution in [2.45, 2.75) is 18.8 Å². The summed E-state index contributed by atoms with van der Waals surface area (Å²) in [6.07, 6.45) is -13.0. The van der Waals surface area contributed by atoms with Gasteiger partial charge in [-0.1, -0.05) is 0 Å². The lowest BCUT2D eigenvalue weighted by Gasteiger charge is -2.08. The monoisotopic (exact) mass is 250 g/mol. The van der Waals surface area contributed by atoms with Gasteiger partial charge in [-0.3, -0.25) is 9.11 Å². The molecule has 0 fully saturated rings. The summed E-state index contributed by atoms with van der Waals surface area (Å²) in [7, 11) is -4.67. The van der Waals surface area contributed by atoms with Gasteiger partial charge in [0.15, 0.2) is 0 Å². The maximum Gasteiger partial charge on any atom is 0.397 e. The van der Waals surface area contributed by atoms with Crippen molar-refractivity contribution in [3.05, 3.63) is 0 Å². The van der Waals surface area contributed by atoms with Gasteiger partial charge in [0.05, 0.1) is 0 Å². The van der Waals surface area contributed by atoms with Crippen LogP contribution in [0, 0.1) is 0 Å². The Morgan fingerprint density at radius 3 is 1.00 bits per heavy atom. The van der Waals surface area contributed by atoms with Crippen LogP contribution in [-0.4, -0.2) is 29.9 Å². The average molecular weight is 250 g/mol. The van der Waals surface area contributed by atoms with Crippen molar-refractivity contribution >= 4 is 10.4 Å².